The van der Waals surface area contributed by atoms with Gasteiger partial charge >= 0.3 is 0 Å². The molecule has 0 radical (unpaired) electrons. The number of amides is 1. The minimum atomic E-state index is -0.263. The average molecular weight is 438 g/mol. The fourth-order valence-electron chi connectivity index (χ4n) is 4.77. The van der Waals surface area contributed by atoms with Crippen LogP contribution in [0.1, 0.15) is 84.7 Å². The van der Waals surface area contributed by atoms with Crippen LogP contribution in [0.25, 0.3) is 0 Å². The van der Waals surface area contributed by atoms with Gasteiger partial charge in [-0.25, -0.2) is 0 Å². The van der Waals surface area contributed by atoms with E-state index in [-0.39, 0.29) is 11.7 Å². The summed E-state index contributed by atoms with van der Waals surface area (Å²) in [7, 11) is 0. The van der Waals surface area contributed by atoms with Crippen LogP contribution < -0.4 is 15.4 Å². The van der Waals surface area contributed by atoms with E-state index in [0.29, 0.717) is 35.9 Å². The first-order chi connectivity index (χ1) is 15.6. The Hall–Kier alpha value is -2.60. The van der Waals surface area contributed by atoms with Gasteiger partial charge < -0.3 is 20.4 Å². The molecule has 172 valence electrons. The molecular weight excluding hydrogens is 402 g/mol. The molecule has 1 fully saturated rings. The van der Waals surface area contributed by atoms with Crippen molar-refractivity contribution in [1.82, 2.24) is 10.3 Å². The number of aromatic amines is 1. The second kappa shape index (κ2) is 10.8. The van der Waals surface area contributed by atoms with Crippen molar-refractivity contribution in [3.8, 4) is 5.75 Å². The van der Waals surface area contributed by atoms with Gasteiger partial charge in [-0.2, -0.15) is 0 Å². The van der Waals surface area contributed by atoms with Crippen LogP contribution >= 0.6 is 0 Å². The second-order valence-electron chi connectivity index (χ2n) is 9.28. The fourth-order valence-corrected chi connectivity index (χ4v) is 4.77. The number of carbonyl (C=O) groups is 2. The van der Waals surface area contributed by atoms with Crippen LogP contribution in [0.5, 0.6) is 5.75 Å². The lowest BCUT2D eigenvalue weighted by atomic mass is 9.87. The number of Topliss-reactive ketones (excluding diaryl/α,β-unsaturated/α-hetero) is 1. The molecule has 0 spiro atoms. The number of nitrogens with one attached hydrogen (secondary N) is 3. The number of aryl methyl sites for hydroxylation is 1. The van der Waals surface area contributed by atoms with Gasteiger partial charge in [-0.1, -0.05) is 13.0 Å². The monoisotopic (exact) mass is 437 g/mol. The van der Waals surface area contributed by atoms with E-state index in [1.54, 1.807) is 6.20 Å². The van der Waals surface area contributed by atoms with Gasteiger partial charge in [0.1, 0.15) is 5.75 Å². The molecule has 2 aliphatic carbocycles. The molecule has 3 N–H and O–H groups in total. The SMILES string of the molecule is CC1CCC(NCCCOc2cccc(NC(=O)c3c[nH]c4c3C(=O)CCCC4)c2)CC1. The van der Waals surface area contributed by atoms with Crippen molar-refractivity contribution in [3.63, 3.8) is 0 Å². The quantitative estimate of drug-likeness (QED) is 0.396. The predicted octanol–water partition coefficient (Wildman–Crippen LogP) is 5.11. The third-order valence-electron chi connectivity index (χ3n) is 6.70. The molecule has 6 nitrogen and oxygen atoms in total. The highest BCUT2D eigenvalue weighted by molar-refractivity contribution is 6.13. The molecule has 32 heavy (non-hydrogen) atoms. The summed E-state index contributed by atoms with van der Waals surface area (Å²) in [6.45, 7) is 3.93. The lowest BCUT2D eigenvalue weighted by Crippen LogP contribution is -2.33. The van der Waals surface area contributed by atoms with E-state index in [9.17, 15) is 9.59 Å². The van der Waals surface area contributed by atoms with Crippen molar-refractivity contribution in [2.24, 2.45) is 5.92 Å². The molecule has 0 aliphatic heterocycles. The van der Waals surface area contributed by atoms with E-state index in [0.717, 1.165) is 49.6 Å². The zero-order valence-corrected chi connectivity index (χ0v) is 19.0. The number of hydrogen-bond donors (Lipinski definition) is 3. The Morgan fingerprint density at radius 1 is 1.16 bits per heavy atom. The van der Waals surface area contributed by atoms with E-state index in [1.807, 2.05) is 24.3 Å². The Labute approximate surface area is 190 Å². The number of benzene rings is 1. The number of aromatic nitrogens is 1. The summed E-state index contributed by atoms with van der Waals surface area (Å²) in [5, 5.41) is 6.57. The summed E-state index contributed by atoms with van der Waals surface area (Å²) in [5.74, 6) is 1.40. The van der Waals surface area contributed by atoms with Crippen molar-refractivity contribution < 1.29 is 14.3 Å². The zero-order chi connectivity index (χ0) is 22.3. The Morgan fingerprint density at radius 2 is 1.97 bits per heavy atom. The van der Waals surface area contributed by atoms with Gasteiger partial charge in [-0.15, -0.1) is 0 Å². The highest BCUT2D eigenvalue weighted by atomic mass is 16.5. The van der Waals surface area contributed by atoms with E-state index in [4.69, 9.17) is 4.74 Å². The lowest BCUT2D eigenvalue weighted by Gasteiger charge is -2.27. The maximum Gasteiger partial charge on any atom is 0.257 e. The summed E-state index contributed by atoms with van der Waals surface area (Å²) in [5.41, 5.74) is 2.54. The maximum absolute atomic E-state index is 12.9. The van der Waals surface area contributed by atoms with E-state index in [1.165, 1.54) is 25.7 Å². The highest BCUT2D eigenvalue weighted by Crippen LogP contribution is 2.25. The van der Waals surface area contributed by atoms with Crippen LogP contribution in [0.2, 0.25) is 0 Å². The summed E-state index contributed by atoms with van der Waals surface area (Å²) < 4.78 is 5.90. The smallest absolute Gasteiger partial charge is 0.257 e. The zero-order valence-electron chi connectivity index (χ0n) is 19.0. The Morgan fingerprint density at radius 3 is 2.81 bits per heavy atom. The molecule has 1 heterocycles. The molecule has 6 heteroatoms. The van der Waals surface area contributed by atoms with Crippen LogP contribution in [0.3, 0.4) is 0 Å². The molecule has 1 aromatic heterocycles. The highest BCUT2D eigenvalue weighted by Gasteiger charge is 2.24. The number of fused-ring (bicyclic) bond motifs is 1. The van der Waals surface area contributed by atoms with Gasteiger partial charge in [-0.05, 0) is 76.0 Å². The summed E-state index contributed by atoms with van der Waals surface area (Å²) in [4.78, 5) is 28.4. The van der Waals surface area contributed by atoms with Crippen LogP contribution in [0.15, 0.2) is 30.5 Å². The molecule has 2 aliphatic rings. The van der Waals surface area contributed by atoms with Crippen molar-refractivity contribution in [2.45, 2.75) is 70.8 Å². The maximum atomic E-state index is 12.9. The third kappa shape index (κ3) is 5.80. The molecule has 4 rings (SSSR count). The van der Waals surface area contributed by atoms with Crippen LogP contribution in [-0.4, -0.2) is 35.9 Å². The number of hydrogen-bond acceptors (Lipinski definition) is 4. The van der Waals surface area contributed by atoms with Crippen molar-refractivity contribution in [2.75, 3.05) is 18.5 Å². The largest absolute Gasteiger partial charge is 0.493 e. The molecule has 0 saturated heterocycles. The van der Waals surface area contributed by atoms with Gasteiger partial charge in [0.15, 0.2) is 5.78 Å². The number of H-pyrrole nitrogens is 1. The minimum absolute atomic E-state index is 0.0531. The molecule has 1 aromatic carbocycles. The second-order valence-corrected chi connectivity index (χ2v) is 9.28. The van der Waals surface area contributed by atoms with Gasteiger partial charge in [0.2, 0.25) is 0 Å². The first-order valence-electron chi connectivity index (χ1n) is 12.1. The van der Waals surface area contributed by atoms with Crippen LogP contribution in [-0.2, 0) is 6.42 Å². The van der Waals surface area contributed by atoms with Crippen LogP contribution in [0, 0.1) is 5.92 Å². The van der Waals surface area contributed by atoms with E-state index < -0.39 is 0 Å². The van der Waals surface area contributed by atoms with Gasteiger partial charge in [0.05, 0.1) is 17.7 Å². The first-order valence-corrected chi connectivity index (χ1v) is 12.1. The summed E-state index contributed by atoms with van der Waals surface area (Å²) >= 11 is 0. The van der Waals surface area contributed by atoms with Crippen molar-refractivity contribution in [3.05, 3.63) is 47.3 Å². The standard InChI is InChI=1S/C26H35N3O3/c1-18-10-12-19(13-11-18)27-14-5-15-32-21-7-4-6-20(16-21)29-26(31)22-17-28-23-8-2-3-9-24(30)25(22)23/h4,6-7,16-19,27-28H,2-3,5,8-15H2,1H3,(H,29,31). The molecule has 0 bridgehead atoms. The number of anilines is 1. The molecule has 2 aromatic rings. The fraction of sp³-hybridized carbons (Fsp3) is 0.538. The Balaban J connectivity index is 1.26. The lowest BCUT2D eigenvalue weighted by molar-refractivity contribution is 0.0965. The topological polar surface area (TPSA) is 83.2 Å². The van der Waals surface area contributed by atoms with Crippen molar-refractivity contribution in [1.29, 1.82) is 0 Å². The number of ether oxygens (including phenoxy) is 1. The third-order valence-corrected chi connectivity index (χ3v) is 6.70. The van der Waals surface area contributed by atoms with E-state index >= 15 is 0 Å². The minimum Gasteiger partial charge on any atom is -0.493 e. The van der Waals surface area contributed by atoms with Gasteiger partial charge in [-0.3, -0.25) is 9.59 Å². The predicted molar refractivity (Wildman–Crippen MR) is 127 cm³/mol. The number of carbonyl (C=O) groups excluding carboxylic acids is 2. The normalized spacial score (nSPS) is 21.0. The molecular formula is C26H35N3O3. The van der Waals surface area contributed by atoms with Crippen LogP contribution in [0.4, 0.5) is 5.69 Å². The summed E-state index contributed by atoms with van der Waals surface area (Å²) in [6, 6.07) is 8.09. The Kier molecular flexibility index (Phi) is 7.63. The van der Waals surface area contributed by atoms with E-state index in [2.05, 4.69) is 22.5 Å². The first kappa shape index (κ1) is 22.6. The summed E-state index contributed by atoms with van der Waals surface area (Å²) in [6.07, 6.45) is 11.0. The average Bonchev–Trinajstić information content (AvgIpc) is 3.14. The molecule has 0 atom stereocenters. The van der Waals surface area contributed by atoms with Gasteiger partial charge in [0.25, 0.3) is 5.91 Å². The Bertz CT molecular complexity index is 928. The molecule has 0 unspecified atom stereocenters. The van der Waals surface area contributed by atoms with Gasteiger partial charge in [0, 0.05) is 36.1 Å². The molecule has 1 saturated carbocycles. The molecule has 1 amide bonds. The number of rotatable bonds is 8. The van der Waals surface area contributed by atoms with Crippen molar-refractivity contribution >= 4 is 17.4 Å². The number of ketones is 1.